The molecule has 1 aromatic carbocycles. The van der Waals surface area contributed by atoms with Crippen molar-refractivity contribution in [1.82, 2.24) is 4.98 Å². The van der Waals surface area contributed by atoms with Gasteiger partial charge in [0, 0.05) is 9.90 Å². The zero-order chi connectivity index (χ0) is 16.0. The zero-order valence-corrected chi connectivity index (χ0v) is 13.6. The number of hydrogen-bond donors (Lipinski definition) is 3. The van der Waals surface area contributed by atoms with Crippen LogP contribution in [-0.2, 0) is 0 Å². The van der Waals surface area contributed by atoms with Crippen molar-refractivity contribution in [2.24, 2.45) is 0 Å². The number of amidine groups is 1. The van der Waals surface area contributed by atoms with E-state index in [2.05, 4.69) is 4.98 Å². The Bertz CT molecular complexity index is 794. The number of halogens is 1. The van der Waals surface area contributed by atoms with Gasteiger partial charge < -0.3 is 15.1 Å². The Morgan fingerprint density at radius 2 is 2.05 bits per heavy atom. The van der Waals surface area contributed by atoms with Crippen molar-refractivity contribution < 1.29 is 10.2 Å². The second kappa shape index (κ2) is 5.30. The van der Waals surface area contributed by atoms with E-state index in [1.807, 2.05) is 13.8 Å². The van der Waals surface area contributed by atoms with Crippen LogP contribution in [0.2, 0.25) is 5.02 Å². The number of aliphatic hydroxyl groups is 1. The topological polar surface area (TPSA) is 80.4 Å². The summed E-state index contributed by atoms with van der Waals surface area (Å²) in [4.78, 5) is 6.97. The average Bonchev–Trinajstić information content (AvgIpc) is 2.93. The van der Waals surface area contributed by atoms with E-state index in [9.17, 15) is 10.2 Å². The number of aliphatic hydroxyl groups excluding tert-OH is 1. The van der Waals surface area contributed by atoms with Gasteiger partial charge in [0.05, 0.1) is 23.5 Å². The monoisotopic (exact) mass is 335 g/mol. The third-order valence-electron chi connectivity index (χ3n) is 3.57. The van der Waals surface area contributed by atoms with Crippen molar-refractivity contribution in [2.45, 2.75) is 13.8 Å². The summed E-state index contributed by atoms with van der Waals surface area (Å²) >= 11 is 7.40. The Balaban J connectivity index is 2.01. The molecule has 5 nitrogen and oxygen atoms in total. The smallest absolute Gasteiger partial charge is 0.139 e. The molecular formula is C15H14ClN3O2S. The van der Waals surface area contributed by atoms with Gasteiger partial charge in [0.2, 0.25) is 0 Å². The standard InChI is InChI=1S/C15H14ClN3O2S/c1-7-8(2)22-15(18-7)13-12(21)6-19(14(13)17)10-5-9(16)3-4-11(10)20/h3-5,17,20-21H,6H2,1-2H3. The molecule has 0 spiro atoms. The van der Waals surface area contributed by atoms with Crippen molar-refractivity contribution in [3.8, 4) is 5.75 Å². The van der Waals surface area contributed by atoms with E-state index in [0.717, 1.165) is 10.6 Å². The number of hydrogen-bond acceptors (Lipinski definition) is 5. The van der Waals surface area contributed by atoms with Gasteiger partial charge in [-0.2, -0.15) is 0 Å². The van der Waals surface area contributed by atoms with Crippen molar-refractivity contribution >= 4 is 40.0 Å². The van der Waals surface area contributed by atoms with Gasteiger partial charge in [-0.25, -0.2) is 4.98 Å². The van der Waals surface area contributed by atoms with Crippen LogP contribution in [0, 0.1) is 19.3 Å². The molecular weight excluding hydrogens is 322 g/mol. The summed E-state index contributed by atoms with van der Waals surface area (Å²) in [5.74, 6) is 0.177. The van der Waals surface area contributed by atoms with Crippen LogP contribution in [0.5, 0.6) is 5.75 Å². The molecule has 0 saturated heterocycles. The molecule has 0 bridgehead atoms. The fraction of sp³-hybridized carbons (Fsp3) is 0.200. The van der Waals surface area contributed by atoms with Gasteiger partial charge in [-0.3, -0.25) is 5.41 Å². The molecule has 3 N–H and O–H groups in total. The number of aromatic hydroxyl groups is 1. The highest BCUT2D eigenvalue weighted by Gasteiger charge is 2.32. The summed E-state index contributed by atoms with van der Waals surface area (Å²) in [7, 11) is 0. The first-order valence-electron chi connectivity index (χ1n) is 6.60. The number of phenolic OH excluding ortho intramolecular Hbond substituents is 1. The highest BCUT2D eigenvalue weighted by Crippen LogP contribution is 2.38. The molecule has 0 amide bonds. The zero-order valence-electron chi connectivity index (χ0n) is 12.0. The molecule has 22 heavy (non-hydrogen) atoms. The molecule has 7 heteroatoms. The maximum Gasteiger partial charge on any atom is 0.139 e. The normalized spacial score (nSPS) is 15.0. The van der Waals surface area contributed by atoms with Gasteiger partial charge >= 0.3 is 0 Å². The van der Waals surface area contributed by atoms with Gasteiger partial charge in [0.15, 0.2) is 0 Å². The average molecular weight is 336 g/mol. The van der Waals surface area contributed by atoms with Crippen LogP contribution < -0.4 is 4.90 Å². The largest absolute Gasteiger partial charge is 0.510 e. The molecule has 0 radical (unpaired) electrons. The summed E-state index contributed by atoms with van der Waals surface area (Å²) < 4.78 is 0. The van der Waals surface area contributed by atoms with E-state index in [-0.39, 0.29) is 23.9 Å². The lowest BCUT2D eigenvalue weighted by Gasteiger charge is -2.19. The van der Waals surface area contributed by atoms with Crippen LogP contribution in [0.4, 0.5) is 5.69 Å². The Labute approximate surface area is 136 Å². The summed E-state index contributed by atoms with van der Waals surface area (Å²) in [5, 5.41) is 29.7. The fourth-order valence-electron chi connectivity index (χ4n) is 2.30. The number of benzene rings is 1. The third kappa shape index (κ3) is 2.34. The van der Waals surface area contributed by atoms with Gasteiger partial charge in [0.25, 0.3) is 0 Å². The van der Waals surface area contributed by atoms with E-state index >= 15 is 0 Å². The predicted molar refractivity (Wildman–Crippen MR) is 89.3 cm³/mol. The van der Waals surface area contributed by atoms with Crippen LogP contribution in [0.3, 0.4) is 0 Å². The van der Waals surface area contributed by atoms with Crippen molar-refractivity contribution in [2.75, 3.05) is 11.4 Å². The van der Waals surface area contributed by atoms with Gasteiger partial charge in [-0.15, -0.1) is 11.3 Å². The van der Waals surface area contributed by atoms with E-state index in [1.54, 1.807) is 12.1 Å². The molecule has 2 heterocycles. The van der Waals surface area contributed by atoms with E-state index < -0.39 is 0 Å². The molecule has 2 aromatic rings. The van der Waals surface area contributed by atoms with Crippen LogP contribution >= 0.6 is 22.9 Å². The minimum absolute atomic E-state index is 0.00898. The van der Waals surface area contributed by atoms with Crippen molar-refractivity contribution in [1.29, 1.82) is 5.41 Å². The maximum atomic E-state index is 10.3. The van der Waals surface area contributed by atoms with Crippen LogP contribution in [0.25, 0.3) is 5.57 Å². The first kappa shape index (κ1) is 14.9. The van der Waals surface area contributed by atoms with Crippen LogP contribution in [0.1, 0.15) is 15.6 Å². The minimum Gasteiger partial charge on any atom is -0.510 e. The predicted octanol–water partition coefficient (Wildman–Crippen LogP) is 3.89. The lowest BCUT2D eigenvalue weighted by molar-refractivity contribution is 0.411. The Kier molecular flexibility index (Phi) is 3.58. The van der Waals surface area contributed by atoms with Gasteiger partial charge in [0.1, 0.15) is 22.4 Å². The Morgan fingerprint density at radius 3 is 2.68 bits per heavy atom. The first-order valence-corrected chi connectivity index (χ1v) is 7.79. The highest BCUT2D eigenvalue weighted by molar-refractivity contribution is 7.13. The summed E-state index contributed by atoms with van der Waals surface area (Å²) in [6.07, 6.45) is 0. The van der Waals surface area contributed by atoms with E-state index in [1.165, 1.54) is 22.3 Å². The number of thiazole rings is 1. The second-order valence-electron chi connectivity index (χ2n) is 5.05. The summed E-state index contributed by atoms with van der Waals surface area (Å²) in [6, 6.07) is 4.61. The molecule has 0 fully saturated rings. The summed E-state index contributed by atoms with van der Waals surface area (Å²) in [5.41, 5.74) is 1.68. The molecule has 1 aliphatic heterocycles. The molecule has 1 aromatic heterocycles. The molecule has 0 atom stereocenters. The number of nitrogens with zero attached hydrogens (tertiary/aromatic N) is 2. The van der Waals surface area contributed by atoms with Crippen molar-refractivity contribution in [3.05, 3.63) is 44.6 Å². The number of aromatic nitrogens is 1. The number of nitrogens with one attached hydrogen (secondary N) is 1. The second-order valence-corrected chi connectivity index (χ2v) is 6.69. The molecule has 3 rings (SSSR count). The molecule has 114 valence electrons. The molecule has 1 aliphatic rings. The number of phenols is 1. The fourth-order valence-corrected chi connectivity index (χ4v) is 3.45. The lowest BCUT2D eigenvalue weighted by atomic mass is 10.2. The van der Waals surface area contributed by atoms with Crippen molar-refractivity contribution in [3.63, 3.8) is 0 Å². The number of rotatable bonds is 2. The Morgan fingerprint density at radius 1 is 1.32 bits per heavy atom. The quantitative estimate of drug-likeness (QED) is 0.777. The van der Waals surface area contributed by atoms with Crippen LogP contribution in [-0.4, -0.2) is 27.6 Å². The molecule has 0 aliphatic carbocycles. The lowest BCUT2D eigenvalue weighted by Crippen LogP contribution is -2.26. The SMILES string of the molecule is Cc1nc(C2=C(O)CN(c3cc(Cl)ccc3O)C2=N)sc1C. The number of anilines is 1. The molecule has 0 unspecified atom stereocenters. The first-order chi connectivity index (χ1) is 10.4. The Hall–Kier alpha value is -2.05. The van der Waals surface area contributed by atoms with Gasteiger partial charge in [-0.05, 0) is 32.0 Å². The third-order valence-corrected chi connectivity index (χ3v) is 4.90. The van der Waals surface area contributed by atoms with E-state index in [4.69, 9.17) is 17.0 Å². The van der Waals surface area contributed by atoms with Crippen LogP contribution in [0.15, 0.2) is 24.0 Å². The van der Waals surface area contributed by atoms with E-state index in [0.29, 0.717) is 21.3 Å². The molecule has 0 saturated carbocycles. The minimum atomic E-state index is 0.00898. The highest BCUT2D eigenvalue weighted by atomic mass is 35.5. The maximum absolute atomic E-state index is 10.3. The van der Waals surface area contributed by atoms with Gasteiger partial charge in [-0.1, -0.05) is 11.6 Å². The number of aryl methyl sites for hydroxylation is 2. The summed E-state index contributed by atoms with van der Waals surface area (Å²) in [6.45, 7) is 3.96.